The normalized spacial score (nSPS) is 18.8. The molecule has 0 aromatic heterocycles. The van der Waals surface area contributed by atoms with Gasteiger partial charge >= 0.3 is 0 Å². The number of nitrogens with one attached hydrogen (secondary N) is 1. The van der Waals surface area contributed by atoms with Gasteiger partial charge in [0.2, 0.25) is 11.8 Å². The van der Waals surface area contributed by atoms with E-state index in [4.69, 9.17) is 5.84 Å². The van der Waals surface area contributed by atoms with Crippen LogP contribution in [0.1, 0.15) is 29.3 Å². The minimum atomic E-state index is -0.381. The zero-order chi connectivity index (χ0) is 14.0. The summed E-state index contributed by atoms with van der Waals surface area (Å²) in [7, 11) is 0. The van der Waals surface area contributed by atoms with Gasteiger partial charge in [0.1, 0.15) is 0 Å². The van der Waals surface area contributed by atoms with Gasteiger partial charge in [-0.25, -0.2) is 5.84 Å². The molecule has 0 saturated carbocycles. The molecule has 1 atom stereocenters. The maximum atomic E-state index is 11.8. The molecule has 1 aliphatic heterocycles. The van der Waals surface area contributed by atoms with Crippen molar-refractivity contribution in [3.8, 4) is 0 Å². The molecule has 19 heavy (non-hydrogen) atoms. The molecule has 2 rings (SSSR count). The lowest BCUT2D eigenvalue weighted by atomic mass is 10.1. The molecule has 3 amide bonds. The molecule has 6 heteroatoms. The van der Waals surface area contributed by atoms with Crippen LogP contribution >= 0.6 is 0 Å². The molecule has 3 N–H and O–H groups in total. The fraction of sp³-hybridized carbons (Fsp3) is 0.308. The summed E-state index contributed by atoms with van der Waals surface area (Å²) in [6.45, 7) is 1.99. The monoisotopic (exact) mass is 261 g/mol. The van der Waals surface area contributed by atoms with Crippen molar-refractivity contribution in [2.45, 2.75) is 19.9 Å². The van der Waals surface area contributed by atoms with Crippen LogP contribution in [0.15, 0.2) is 24.3 Å². The van der Waals surface area contributed by atoms with Crippen molar-refractivity contribution in [1.29, 1.82) is 0 Å². The Hall–Kier alpha value is -2.21. The molecule has 1 aromatic rings. The molecule has 0 aliphatic carbocycles. The standard InChI is InChI=1S/C13H15N3O3/c1-8-6-11(17)16(13(8)19)7-9-2-4-10(5-3-9)12(18)15-14/h2-5,8H,6-7,14H2,1H3,(H,15,18). The maximum Gasteiger partial charge on any atom is 0.265 e. The van der Waals surface area contributed by atoms with Gasteiger partial charge in [-0.3, -0.25) is 24.7 Å². The molecule has 1 aromatic carbocycles. The van der Waals surface area contributed by atoms with Gasteiger partial charge in [0.05, 0.1) is 6.54 Å². The molecule has 1 saturated heterocycles. The molecule has 1 fully saturated rings. The molecule has 0 radical (unpaired) electrons. The summed E-state index contributed by atoms with van der Waals surface area (Å²) in [6.07, 6.45) is 0.270. The fourth-order valence-electron chi connectivity index (χ4n) is 2.04. The number of hydrogen-bond acceptors (Lipinski definition) is 4. The highest BCUT2D eigenvalue weighted by Gasteiger charge is 2.35. The maximum absolute atomic E-state index is 11.8. The highest BCUT2D eigenvalue weighted by atomic mass is 16.2. The van der Waals surface area contributed by atoms with Crippen molar-refractivity contribution in [1.82, 2.24) is 10.3 Å². The fourth-order valence-corrected chi connectivity index (χ4v) is 2.04. The van der Waals surface area contributed by atoms with Gasteiger partial charge < -0.3 is 0 Å². The first-order chi connectivity index (χ1) is 9.02. The predicted molar refractivity (Wildman–Crippen MR) is 67.4 cm³/mol. The number of nitrogens with two attached hydrogens (primary N) is 1. The van der Waals surface area contributed by atoms with Gasteiger partial charge in [-0.05, 0) is 17.7 Å². The Kier molecular flexibility index (Phi) is 3.62. The average molecular weight is 261 g/mol. The number of benzene rings is 1. The van der Waals surface area contributed by atoms with E-state index in [9.17, 15) is 14.4 Å². The number of amides is 3. The van der Waals surface area contributed by atoms with E-state index >= 15 is 0 Å². The number of nitrogen functional groups attached to an aromatic ring is 1. The summed E-state index contributed by atoms with van der Waals surface area (Å²) in [5, 5.41) is 0. The SMILES string of the molecule is CC1CC(=O)N(Cc2ccc(C(=O)NN)cc2)C1=O. The van der Waals surface area contributed by atoms with Crippen molar-refractivity contribution < 1.29 is 14.4 Å². The number of carbonyl (C=O) groups excluding carboxylic acids is 3. The lowest BCUT2D eigenvalue weighted by molar-refractivity contribution is -0.139. The van der Waals surface area contributed by atoms with Gasteiger partial charge in [0.15, 0.2) is 0 Å². The molecule has 1 aliphatic rings. The first-order valence-corrected chi connectivity index (χ1v) is 5.97. The quantitative estimate of drug-likeness (QED) is 0.351. The number of nitrogens with zero attached hydrogens (tertiary/aromatic N) is 1. The summed E-state index contributed by atoms with van der Waals surface area (Å²) in [5.74, 6) is 4.11. The highest BCUT2D eigenvalue weighted by Crippen LogP contribution is 2.21. The average Bonchev–Trinajstić information content (AvgIpc) is 2.65. The smallest absolute Gasteiger partial charge is 0.265 e. The number of hydrogen-bond donors (Lipinski definition) is 2. The Bertz CT molecular complexity index is 524. The van der Waals surface area contributed by atoms with Crippen LogP contribution in [0.2, 0.25) is 0 Å². The van der Waals surface area contributed by atoms with E-state index in [0.29, 0.717) is 5.56 Å². The Morgan fingerprint density at radius 1 is 1.37 bits per heavy atom. The Labute approximate surface area is 110 Å². The third-order valence-corrected chi connectivity index (χ3v) is 3.16. The molecule has 0 bridgehead atoms. The van der Waals surface area contributed by atoms with Crippen LogP contribution in [0, 0.1) is 5.92 Å². The number of carbonyl (C=O) groups is 3. The van der Waals surface area contributed by atoms with E-state index in [-0.39, 0.29) is 36.6 Å². The van der Waals surface area contributed by atoms with E-state index in [1.807, 2.05) is 5.43 Å². The van der Waals surface area contributed by atoms with Gasteiger partial charge in [-0.1, -0.05) is 19.1 Å². The molecule has 6 nitrogen and oxygen atoms in total. The Morgan fingerprint density at radius 2 is 2.00 bits per heavy atom. The van der Waals surface area contributed by atoms with Crippen molar-refractivity contribution in [3.63, 3.8) is 0 Å². The van der Waals surface area contributed by atoms with Crippen molar-refractivity contribution >= 4 is 17.7 Å². The third-order valence-electron chi connectivity index (χ3n) is 3.16. The van der Waals surface area contributed by atoms with Gasteiger partial charge in [-0.15, -0.1) is 0 Å². The van der Waals surface area contributed by atoms with Gasteiger partial charge in [0.25, 0.3) is 5.91 Å². The summed E-state index contributed by atoms with van der Waals surface area (Å²) in [4.78, 5) is 35.9. The summed E-state index contributed by atoms with van der Waals surface area (Å²) in [6, 6.07) is 6.61. The highest BCUT2D eigenvalue weighted by molar-refractivity contribution is 6.03. The Morgan fingerprint density at radius 3 is 2.47 bits per heavy atom. The van der Waals surface area contributed by atoms with Crippen LogP contribution in [0.4, 0.5) is 0 Å². The van der Waals surface area contributed by atoms with Crippen LogP contribution in [0.25, 0.3) is 0 Å². The number of imide groups is 1. The number of rotatable bonds is 3. The van der Waals surface area contributed by atoms with Crippen LogP contribution in [-0.4, -0.2) is 22.6 Å². The minimum absolute atomic E-state index is 0.145. The topological polar surface area (TPSA) is 92.5 Å². The van der Waals surface area contributed by atoms with Gasteiger partial charge in [0, 0.05) is 17.9 Å². The van der Waals surface area contributed by atoms with Crippen molar-refractivity contribution in [2.75, 3.05) is 0 Å². The van der Waals surface area contributed by atoms with Crippen LogP contribution in [0.3, 0.4) is 0 Å². The third kappa shape index (κ3) is 2.63. The predicted octanol–water partition coefficient (Wildman–Crippen LogP) is 0.185. The Balaban J connectivity index is 2.10. The first-order valence-electron chi connectivity index (χ1n) is 5.97. The second-order valence-electron chi connectivity index (χ2n) is 4.59. The minimum Gasteiger partial charge on any atom is -0.290 e. The molecule has 1 unspecified atom stereocenters. The zero-order valence-corrected chi connectivity index (χ0v) is 10.6. The van der Waals surface area contributed by atoms with E-state index in [1.54, 1.807) is 31.2 Å². The van der Waals surface area contributed by atoms with Crippen LogP contribution < -0.4 is 11.3 Å². The van der Waals surface area contributed by atoms with Gasteiger partial charge in [-0.2, -0.15) is 0 Å². The summed E-state index contributed by atoms with van der Waals surface area (Å²) < 4.78 is 0. The van der Waals surface area contributed by atoms with Crippen LogP contribution in [0.5, 0.6) is 0 Å². The van der Waals surface area contributed by atoms with E-state index in [1.165, 1.54) is 4.90 Å². The lowest BCUT2D eigenvalue weighted by Crippen LogP contribution is -2.30. The summed E-state index contributed by atoms with van der Waals surface area (Å²) >= 11 is 0. The molecular formula is C13H15N3O3. The molecule has 0 spiro atoms. The van der Waals surface area contributed by atoms with E-state index < -0.39 is 0 Å². The van der Waals surface area contributed by atoms with E-state index in [0.717, 1.165) is 5.56 Å². The second-order valence-corrected chi connectivity index (χ2v) is 4.59. The zero-order valence-electron chi connectivity index (χ0n) is 10.6. The lowest BCUT2D eigenvalue weighted by Gasteiger charge is -2.14. The van der Waals surface area contributed by atoms with Crippen molar-refractivity contribution in [3.05, 3.63) is 35.4 Å². The van der Waals surface area contributed by atoms with E-state index in [2.05, 4.69) is 0 Å². The van der Waals surface area contributed by atoms with Crippen molar-refractivity contribution in [2.24, 2.45) is 11.8 Å². The summed E-state index contributed by atoms with van der Waals surface area (Å²) in [5.41, 5.74) is 3.26. The number of hydrazine groups is 1. The number of likely N-dealkylation sites (tertiary alicyclic amines) is 1. The second kappa shape index (κ2) is 5.19. The molecular weight excluding hydrogens is 246 g/mol. The largest absolute Gasteiger partial charge is 0.290 e. The molecule has 100 valence electrons. The van der Waals surface area contributed by atoms with Crippen LogP contribution in [-0.2, 0) is 16.1 Å². The molecule has 1 heterocycles. The first kappa shape index (κ1) is 13.2.